The first-order chi connectivity index (χ1) is 16.8. The van der Waals surface area contributed by atoms with Crippen LogP contribution in [0.25, 0.3) is 20.5 Å². The van der Waals surface area contributed by atoms with Crippen molar-refractivity contribution in [2.24, 2.45) is 0 Å². The van der Waals surface area contributed by atoms with E-state index in [9.17, 15) is 4.79 Å². The molecule has 0 atom stereocenters. The number of hydrogen-bond donors (Lipinski definition) is 0. The molecule has 4 rings (SSSR count). The quantitative estimate of drug-likeness (QED) is 0.187. The molecular weight excluding hydrogens is 460 g/mol. The predicted octanol–water partition coefficient (Wildman–Crippen LogP) is 7.01. The van der Waals surface area contributed by atoms with Gasteiger partial charge in [-0.3, -0.25) is 4.79 Å². The Morgan fingerprint density at radius 3 is 2.06 bits per heavy atom. The summed E-state index contributed by atoms with van der Waals surface area (Å²) in [5, 5.41) is 0.909. The van der Waals surface area contributed by atoms with Gasteiger partial charge in [-0.05, 0) is 93.1 Å². The molecule has 0 saturated carbocycles. The fourth-order valence-corrected chi connectivity index (χ4v) is 4.96. The number of ether oxygens (including phenoxy) is 4. The van der Waals surface area contributed by atoms with Gasteiger partial charge < -0.3 is 18.9 Å². The minimum atomic E-state index is -0.200. The Hall–Kier alpha value is -3.35. The fourth-order valence-electron chi connectivity index (χ4n) is 3.73. The monoisotopic (exact) mass is 490 g/mol. The Morgan fingerprint density at radius 1 is 0.800 bits per heavy atom. The van der Waals surface area contributed by atoms with Gasteiger partial charge in [0.25, 0.3) is 0 Å². The number of fused-ring (bicyclic) bond motifs is 1. The molecule has 0 aliphatic rings. The van der Waals surface area contributed by atoms with Gasteiger partial charge in [0.05, 0.1) is 26.4 Å². The average molecular weight is 491 g/mol. The molecule has 0 unspecified atom stereocenters. The Morgan fingerprint density at radius 2 is 1.43 bits per heavy atom. The fraction of sp³-hybridized carbons (Fsp3) is 0.276. The van der Waals surface area contributed by atoms with Gasteiger partial charge in [-0.2, -0.15) is 0 Å². The minimum absolute atomic E-state index is 0.0325. The average Bonchev–Trinajstić information content (AvgIpc) is 3.24. The highest BCUT2D eigenvalue weighted by molar-refractivity contribution is 7.22. The Bertz CT molecular complexity index is 1300. The molecule has 5 nitrogen and oxygen atoms in total. The van der Waals surface area contributed by atoms with Crippen LogP contribution in [0.2, 0.25) is 0 Å². The molecular formula is C29H30O5S. The maximum Gasteiger partial charge on any atom is 0.195 e. The number of methoxy groups -OCH3 is 2. The Kier molecular flexibility index (Phi) is 7.43. The van der Waals surface area contributed by atoms with Gasteiger partial charge >= 0.3 is 0 Å². The third-order valence-electron chi connectivity index (χ3n) is 5.48. The predicted molar refractivity (Wildman–Crippen MR) is 141 cm³/mol. The highest BCUT2D eigenvalue weighted by Gasteiger charge is 2.22. The maximum atomic E-state index is 13.8. The number of carbonyl (C=O) groups excluding carboxylic acids is 1. The summed E-state index contributed by atoms with van der Waals surface area (Å²) in [7, 11) is 3.28. The van der Waals surface area contributed by atoms with E-state index in [4.69, 9.17) is 18.9 Å². The number of ketones is 1. The van der Waals surface area contributed by atoms with E-state index in [1.807, 2.05) is 87.5 Å². The van der Waals surface area contributed by atoms with E-state index in [2.05, 4.69) is 0 Å². The molecule has 0 radical (unpaired) electrons. The lowest BCUT2D eigenvalue weighted by atomic mass is 9.97. The summed E-state index contributed by atoms with van der Waals surface area (Å²) in [6, 6.07) is 20.9. The van der Waals surface area contributed by atoms with Crippen LogP contribution in [0.1, 0.15) is 36.7 Å². The van der Waals surface area contributed by atoms with Crippen LogP contribution >= 0.6 is 11.3 Å². The number of rotatable bonds is 9. The van der Waals surface area contributed by atoms with Gasteiger partial charge in [0.2, 0.25) is 0 Å². The molecule has 1 aromatic heterocycles. The van der Waals surface area contributed by atoms with Gasteiger partial charge in [0.1, 0.15) is 23.9 Å². The van der Waals surface area contributed by atoms with Gasteiger partial charge in [0, 0.05) is 26.1 Å². The van der Waals surface area contributed by atoms with Crippen molar-refractivity contribution in [3.63, 3.8) is 0 Å². The van der Waals surface area contributed by atoms with Crippen LogP contribution in [-0.4, -0.2) is 38.8 Å². The van der Waals surface area contributed by atoms with Crippen LogP contribution < -0.4 is 14.2 Å². The molecule has 1 heterocycles. The van der Waals surface area contributed by atoms with Crippen molar-refractivity contribution in [3.05, 3.63) is 77.9 Å². The van der Waals surface area contributed by atoms with Gasteiger partial charge in [-0.25, -0.2) is 0 Å². The van der Waals surface area contributed by atoms with E-state index < -0.39 is 0 Å². The SMILES string of the molecule is COc1ccc(-c2sc3cc(OC)ccc3c2C(=O)c2ccc(OCCOC(C)(C)C)cc2)cc1. The first-order valence-corrected chi connectivity index (χ1v) is 12.3. The van der Waals surface area contributed by atoms with Crippen LogP contribution in [-0.2, 0) is 4.74 Å². The number of hydrogen-bond acceptors (Lipinski definition) is 6. The molecule has 0 fully saturated rings. The summed E-state index contributed by atoms with van der Waals surface area (Å²) in [5.74, 6) is 2.20. The molecule has 0 amide bonds. The number of benzene rings is 3. The van der Waals surface area contributed by atoms with E-state index in [1.165, 1.54) is 0 Å². The molecule has 4 aromatic rings. The topological polar surface area (TPSA) is 54.0 Å². The number of carbonyl (C=O) groups is 1. The molecule has 0 saturated heterocycles. The molecule has 0 bridgehead atoms. The zero-order valence-corrected chi connectivity index (χ0v) is 21.5. The first kappa shape index (κ1) is 24.8. The summed E-state index contributed by atoms with van der Waals surface area (Å²) in [6.07, 6.45) is 0. The summed E-state index contributed by atoms with van der Waals surface area (Å²) in [6.45, 7) is 6.98. The van der Waals surface area contributed by atoms with Crippen LogP contribution in [0, 0.1) is 0 Å². The molecule has 35 heavy (non-hydrogen) atoms. The van der Waals surface area contributed by atoms with E-state index in [1.54, 1.807) is 25.6 Å². The summed E-state index contributed by atoms with van der Waals surface area (Å²) in [4.78, 5) is 14.7. The third-order valence-corrected chi connectivity index (χ3v) is 6.68. The van der Waals surface area contributed by atoms with Crippen molar-refractivity contribution in [1.29, 1.82) is 0 Å². The summed E-state index contributed by atoms with van der Waals surface area (Å²) < 4.78 is 23.2. The van der Waals surface area contributed by atoms with E-state index >= 15 is 0 Å². The number of thiophene rings is 1. The largest absolute Gasteiger partial charge is 0.497 e. The van der Waals surface area contributed by atoms with Crippen LogP contribution in [0.3, 0.4) is 0 Å². The van der Waals surface area contributed by atoms with Gasteiger partial charge in [-0.15, -0.1) is 11.3 Å². The van der Waals surface area contributed by atoms with Crippen molar-refractivity contribution in [2.45, 2.75) is 26.4 Å². The Balaban J connectivity index is 1.64. The first-order valence-electron chi connectivity index (χ1n) is 11.5. The molecule has 3 aromatic carbocycles. The Labute approximate surface area is 210 Å². The second-order valence-electron chi connectivity index (χ2n) is 9.06. The standard InChI is InChI=1S/C29H30O5S/c1-29(2,3)34-17-16-33-22-12-6-19(7-13-22)27(30)26-24-15-14-23(32-5)18-25(24)35-28(26)20-8-10-21(31-4)11-9-20/h6-15,18H,16-17H2,1-5H3. The van der Waals surface area contributed by atoms with Crippen molar-refractivity contribution >= 4 is 27.2 Å². The van der Waals surface area contributed by atoms with Crippen molar-refractivity contribution < 1.29 is 23.7 Å². The zero-order valence-electron chi connectivity index (χ0n) is 20.7. The molecule has 182 valence electrons. The van der Waals surface area contributed by atoms with Crippen LogP contribution in [0.5, 0.6) is 17.2 Å². The highest BCUT2D eigenvalue weighted by atomic mass is 32.1. The van der Waals surface area contributed by atoms with Crippen molar-refractivity contribution in [1.82, 2.24) is 0 Å². The smallest absolute Gasteiger partial charge is 0.195 e. The molecule has 0 spiro atoms. The highest BCUT2D eigenvalue weighted by Crippen LogP contribution is 2.41. The van der Waals surface area contributed by atoms with Gasteiger partial charge in [-0.1, -0.05) is 0 Å². The molecule has 0 aliphatic carbocycles. The lowest BCUT2D eigenvalue weighted by Crippen LogP contribution is -2.22. The van der Waals surface area contributed by atoms with E-state index in [0.717, 1.165) is 32.0 Å². The molecule has 6 heteroatoms. The van der Waals surface area contributed by atoms with Crippen LogP contribution in [0.15, 0.2) is 66.7 Å². The van der Waals surface area contributed by atoms with E-state index in [0.29, 0.717) is 30.1 Å². The van der Waals surface area contributed by atoms with Gasteiger partial charge in [0.15, 0.2) is 5.78 Å². The maximum absolute atomic E-state index is 13.8. The summed E-state index contributed by atoms with van der Waals surface area (Å²) in [5.41, 5.74) is 2.06. The van der Waals surface area contributed by atoms with Crippen LogP contribution in [0.4, 0.5) is 0 Å². The third kappa shape index (κ3) is 5.84. The lowest BCUT2D eigenvalue weighted by Gasteiger charge is -2.19. The lowest BCUT2D eigenvalue weighted by molar-refractivity contribution is -0.0163. The normalized spacial score (nSPS) is 11.5. The second-order valence-corrected chi connectivity index (χ2v) is 10.1. The second kappa shape index (κ2) is 10.5. The molecule has 0 aliphatic heterocycles. The van der Waals surface area contributed by atoms with E-state index in [-0.39, 0.29) is 11.4 Å². The zero-order chi connectivity index (χ0) is 25.0. The van der Waals surface area contributed by atoms with Crippen molar-refractivity contribution in [3.8, 4) is 27.7 Å². The minimum Gasteiger partial charge on any atom is -0.497 e. The molecule has 0 N–H and O–H groups in total. The summed E-state index contributed by atoms with van der Waals surface area (Å²) >= 11 is 1.58. The van der Waals surface area contributed by atoms with Crippen molar-refractivity contribution in [2.75, 3.05) is 27.4 Å².